The summed E-state index contributed by atoms with van der Waals surface area (Å²) in [5.41, 5.74) is 4.40. The molecule has 170 valence electrons. The predicted octanol–water partition coefficient (Wildman–Crippen LogP) is 4.55. The van der Waals surface area contributed by atoms with Gasteiger partial charge in [-0.15, -0.1) is 23.4 Å². The van der Waals surface area contributed by atoms with Crippen molar-refractivity contribution in [2.24, 2.45) is 0 Å². The number of hydrogen-bond donors (Lipinski definition) is 2. The maximum absolute atomic E-state index is 12.6. The zero-order chi connectivity index (χ0) is 22.9. The lowest BCUT2D eigenvalue weighted by Gasteiger charge is -2.28. The van der Waals surface area contributed by atoms with Crippen LogP contribution in [0.3, 0.4) is 0 Å². The van der Waals surface area contributed by atoms with Gasteiger partial charge in [0.25, 0.3) is 0 Å². The number of nitrogens with one attached hydrogen (secondary N) is 2. The minimum atomic E-state index is -4.83. The Balaban J connectivity index is 1.45. The summed E-state index contributed by atoms with van der Waals surface area (Å²) in [6.07, 6.45) is -4.34. The molecule has 0 unspecified atom stereocenters. The molecule has 1 aliphatic rings. The molecule has 1 aromatic heterocycles. The summed E-state index contributed by atoms with van der Waals surface area (Å²) in [6.45, 7) is 0.471. The van der Waals surface area contributed by atoms with Crippen LogP contribution in [0.4, 0.5) is 29.7 Å². The molecular weight excluding hydrogens is 491 g/mol. The van der Waals surface area contributed by atoms with Crippen LogP contribution in [0.2, 0.25) is 5.02 Å². The van der Waals surface area contributed by atoms with Gasteiger partial charge in [0.05, 0.1) is 5.02 Å². The first-order valence-corrected chi connectivity index (χ1v) is 11.8. The quantitative estimate of drug-likeness (QED) is 0.510. The van der Waals surface area contributed by atoms with Gasteiger partial charge in [-0.05, 0) is 47.9 Å². The van der Waals surface area contributed by atoms with E-state index in [0.29, 0.717) is 17.8 Å². The number of nitrogens with zero attached hydrogens (tertiary/aromatic N) is 3. The average molecular weight is 506 g/mol. The van der Waals surface area contributed by atoms with Gasteiger partial charge in [0, 0.05) is 24.5 Å². The van der Waals surface area contributed by atoms with E-state index in [1.807, 2.05) is 6.07 Å². The van der Waals surface area contributed by atoms with E-state index < -0.39 is 22.3 Å². The molecule has 0 fully saturated rings. The monoisotopic (exact) mass is 505 g/mol. The Morgan fingerprint density at radius 2 is 1.88 bits per heavy atom. The highest BCUT2D eigenvalue weighted by Crippen LogP contribution is 2.33. The van der Waals surface area contributed by atoms with Crippen LogP contribution in [-0.4, -0.2) is 35.8 Å². The third-order valence-corrected chi connectivity index (χ3v) is 7.02. The van der Waals surface area contributed by atoms with E-state index in [1.165, 1.54) is 21.9 Å². The summed E-state index contributed by atoms with van der Waals surface area (Å²) in [5, 5.41) is 10.4. The third-order valence-electron chi connectivity index (χ3n) is 4.55. The van der Waals surface area contributed by atoms with E-state index in [1.54, 1.807) is 12.1 Å². The zero-order valence-electron chi connectivity index (χ0n) is 16.1. The molecular formula is C18H15ClF3N5O3S2. The van der Waals surface area contributed by atoms with Gasteiger partial charge in [0.1, 0.15) is 11.3 Å². The second-order valence-corrected chi connectivity index (χ2v) is 9.65. The van der Waals surface area contributed by atoms with Gasteiger partial charge < -0.3 is 10.1 Å². The van der Waals surface area contributed by atoms with Crippen molar-refractivity contribution in [1.29, 1.82) is 0 Å². The van der Waals surface area contributed by atoms with Crippen LogP contribution in [0.25, 0.3) is 0 Å². The molecule has 0 radical (unpaired) electrons. The van der Waals surface area contributed by atoms with Crippen molar-refractivity contribution < 1.29 is 26.3 Å². The van der Waals surface area contributed by atoms with E-state index >= 15 is 0 Å². The maximum atomic E-state index is 12.6. The van der Waals surface area contributed by atoms with Crippen molar-refractivity contribution in [3.63, 3.8) is 0 Å². The van der Waals surface area contributed by atoms with Crippen LogP contribution in [0.5, 0.6) is 5.75 Å². The fraction of sp³-hybridized carbons (Fsp3) is 0.222. The SMILES string of the molecule is O=S(=O)(Nc1nncs1)N1CCc2cc(Nc3ccc(OC(F)(F)F)c(Cl)c3)ccc2C1. The summed E-state index contributed by atoms with van der Waals surface area (Å²) in [6, 6.07) is 9.29. The Morgan fingerprint density at radius 3 is 2.56 bits per heavy atom. The Hall–Kier alpha value is -2.61. The summed E-state index contributed by atoms with van der Waals surface area (Å²) in [7, 11) is -3.76. The van der Waals surface area contributed by atoms with Gasteiger partial charge in [-0.3, -0.25) is 0 Å². The molecule has 2 N–H and O–H groups in total. The first kappa shape index (κ1) is 22.6. The van der Waals surface area contributed by atoms with Crippen molar-refractivity contribution in [1.82, 2.24) is 14.5 Å². The lowest BCUT2D eigenvalue weighted by molar-refractivity contribution is -0.274. The number of benzene rings is 2. The van der Waals surface area contributed by atoms with E-state index in [0.717, 1.165) is 28.5 Å². The normalized spacial score (nSPS) is 14.6. The zero-order valence-corrected chi connectivity index (χ0v) is 18.4. The molecule has 32 heavy (non-hydrogen) atoms. The number of fused-ring (bicyclic) bond motifs is 1. The summed E-state index contributed by atoms with van der Waals surface area (Å²) >= 11 is 6.97. The number of alkyl halides is 3. The topological polar surface area (TPSA) is 96.5 Å². The van der Waals surface area contributed by atoms with E-state index in [4.69, 9.17) is 11.6 Å². The minimum Gasteiger partial charge on any atom is -0.404 e. The van der Waals surface area contributed by atoms with Crippen molar-refractivity contribution in [2.45, 2.75) is 19.3 Å². The van der Waals surface area contributed by atoms with Crippen LogP contribution < -0.4 is 14.8 Å². The Kier molecular flexibility index (Phi) is 6.16. The molecule has 0 aliphatic carbocycles. The standard InChI is InChI=1S/C18H15ClF3N5O3S2/c19-15-8-14(3-4-16(15)30-18(20,21)22)24-13-2-1-12-9-27(6-5-11(12)7-13)32(28,29)26-17-25-23-10-31-17/h1-4,7-8,10,24H,5-6,9H2,(H,25,26). The van der Waals surface area contributed by atoms with Crippen LogP contribution in [0, 0.1) is 0 Å². The lowest BCUT2D eigenvalue weighted by atomic mass is 10.0. The van der Waals surface area contributed by atoms with Crippen LogP contribution >= 0.6 is 22.9 Å². The predicted molar refractivity (Wildman–Crippen MR) is 114 cm³/mol. The molecule has 0 saturated carbocycles. The number of halogens is 4. The largest absolute Gasteiger partial charge is 0.573 e. The lowest BCUT2D eigenvalue weighted by Crippen LogP contribution is -2.39. The van der Waals surface area contributed by atoms with Crippen molar-refractivity contribution in [3.8, 4) is 5.75 Å². The van der Waals surface area contributed by atoms with Crippen LogP contribution in [-0.2, 0) is 23.2 Å². The molecule has 0 spiro atoms. The third kappa shape index (κ3) is 5.41. The fourth-order valence-electron chi connectivity index (χ4n) is 3.16. The maximum Gasteiger partial charge on any atom is 0.573 e. The Labute approximate surface area is 190 Å². The van der Waals surface area contributed by atoms with Crippen molar-refractivity contribution >= 4 is 49.7 Å². The average Bonchev–Trinajstić information content (AvgIpc) is 3.21. The number of anilines is 3. The second-order valence-electron chi connectivity index (χ2n) is 6.74. The molecule has 2 aromatic carbocycles. The molecule has 3 aromatic rings. The molecule has 4 rings (SSSR count). The number of aromatic nitrogens is 2. The Bertz CT molecular complexity index is 1220. The number of ether oxygens (including phenoxy) is 1. The molecule has 8 nitrogen and oxygen atoms in total. The smallest absolute Gasteiger partial charge is 0.404 e. The van der Waals surface area contributed by atoms with Gasteiger partial charge in [0.2, 0.25) is 5.13 Å². The highest BCUT2D eigenvalue weighted by molar-refractivity contribution is 7.90. The second kappa shape index (κ2) is 8.73. The molecule has 0 atom stereocenters. The summed E-state index contributed by atoms with van der Waals surface area (Å²) in [4.78, 5) is 0. The molecule has 0 saturated heterocycles. The first-order valence-electron chi connectivity index (χ1n) is 9.07. The van der Waals surface area contributed by atoms with Gasteiger partial charge in [-0.2, -0.15) is 12.7 Å². The van der Waals surface area contributed by atoms with E-state index in [-0.39, 0.29) is 23.2 Å². The van der Waals surface area contributed by atoms with Crippen LogP contribution in [0.1, 0.15) is 11.1 Å². The van der Waals surface area contributed by atoms with Crippen molar-refractivity contribution in [2.75, 3.05) is 16.6 Å². The van der Waals surface area contributed by atoms with Gasteiger partial charge in [-0.25, -0.2) is 4.72 Å². The molecule has 0 bridgehead atoms. The molecule has 2 heterocycles. The highest BCUT2D eigenvalue weighted by atomic mass is 35.5. The fourth-order valence-corrected chi connectivity index (χ4v) is 5.20. The Morgan fingerprint density at radius 1 is 1.12 bits per heavy atom. The highest BCUT2D eigenvalue weighted by Gasteiger charge is 2.32. The van der Waals surface area contributed by atoms with Gasteiger partial charge in [-0.1, -0.05) is 29.0 Å². The van der Waals surface area contributed by atoms with E-state index in [9.17, 15) is 21.6 Å². The molecule has 1 aliphatic heterocycles. The number of hydrogen-bond acceptors (Lipinski definition) is 7. The summed E-state index contributed by atoms with van der Waals surface area (Å²) in [5.74, 6) is -0.487. The van der Waals surface area contributed by atoms with Gasteiger partial charge >= 0.3 is 16.6 Å². The number of rotatable bonds is 6. The van der Waals surface area contributed by atoms with Crippen molar-refractivity contribution in [3.05, 3.63) is 58.1 Å². The van der Waals surface area contributed by atoms with E-state index in [2.05, 4.69) is 25.0 Å². The summed E-state index contributed by atoms with van der Waals surface area (Å²) < 4.78 is 69.8. The first-order chi connectivity index (χ1) is 15.1. The van der Waals surface area contributed by atoms with Crippen LogP contribution in [0.15, 0.2) is 41.9 Å². The molecule has 14 heteroatoms. The van der Waals surface area contributed by atoms with Gasteiger partial charge in [0.15, 0.2) is 0 Å². The molecule has 0 amide bonds. The minimum absolute atomic E-state index is 0.186.